The summed E-state index contributed by atoms with van der Waals surface area (Å²) in [5, 5.41) is 14.8. The van der Waals surface area contributed by atoms with Gasteiger partial charge in [0.15, 0.2) is 11.4 Å². The first-order chi connectivity index (χ1) is 11.3. The molecule has 2 aromatic rings. The fourth-order valence-electron chi connectivity index (χ4n) is 3.07. The minimum absolute atomic E-state index is 0.0596. The second-order valence-corrected chi connectivity index (χ2v) is 10.00. The van der Waals surface area contributed by atoms with Gasteiger partial charge in [-0.1, -0.05) is 5.16 Å². The second-order valence-electron chi connectivity index (χ2n) is 6.63. The smallest absolute Gasteiger partial charge is 0.260 e. The van der Waals surface area contributed by atoms with Crippen molar-refractivity contribution < 1.29 is 18.0 Å². The van der Waals surface area contributed by atoms with Crippen molar-refractivity contribution in [3.8, 4) is 0 Å². The van der Waals surface area contributed by atoms with E-state index in [1.165, 1.54) is 15.6 Å². The van der Waals surface area contributed by atoms with E-state index in [2.05, 4.69) is 10.1 Å². The second kappa shape index (κ2) is 5.35. The molecule has 1 atom stereocenters. The average molecular weight is 369 g/mol. The molecule has 1 saturated carbocycles. The topological polar surface area (TPSA) is 96.5 Å². The number of sulfonamides is 1. The molecule has 2 aliphatic rings. The van der Waals surface area contributed by atoms with Crippen LogP contribution in [0.3, 0.4) is 0 Å². The summed E-state index contributed by atoms with van der Waals surface area (Å²) in [6, 6.07) is 1.69. The van der Waals surface area contributed by atoms with Crippen LogP contribution in [0.4, 0.5) is 0 Å². The first-order valence-electron chi connectivity index (χ1n) is 7.93. The van der Waals surface area contributed by atoms with Gasteiger partial charge in [0, 0.05) is 28.6 Å². The van der Waals surface area contributed by atoms with Crippen LogP contribution >= 0.6 is 11.3 Å². The van der Waals surface area contributed by atoms with Crippen LogP contribution < -0.4 is 0 Å². The summed E-state index contributed by atoms with van der Waals surface area (Å²) in [6.07, 6.45) is 2.32. The van der Waals surface area contributed by atoms with Crippen LogP contribution in [0.1, 0.15) is 46.6 Å². The molecule has 0 radical (unpaired) electrons. The molecule has 7 nitrogen and oxygen atoms in total. The Morgan fingerprint density at radius 3 is 2.79 bits per heavy atom. The molecule has 2 aromatic heterocycles. The number of aliphatic hydroxyl groups is 1. The fraction of sp³-hybridized carbons (Fsp3) is 0.600. The van der Waals surface area contributed by atoms with Crippen LogP contribution in [0.15, 0.2) is 15.5 Å². The summed E-state index contributed by atoms with van der Waals surface area (Å²) in [5.74, 6) is 1.06. The molecule has 24 heavy (non-hydrogen) atoms. The lowest BCUT2D eigenvalue weighted by Crippen LogP contribution is -2.34. The maximum Gasteiger partial charge on any atom is 0.260 e. The van der Waals surface area contributed by atoms with Crippen molar-refractivity contribution in [2.45, 2.75) is 49.5 Å². The molecule has 2 fully saturated rings. The van der Waals surface area contributed by atoms with Gasteiger partial charge in [-0.2, -0.15) is 9.29 Å². The van der Waals surface area contributed by atoms with Crippen LogP contribution in [-0.4, -0.2) is 41.1 Å². The summed E-state index contributed by atoms with van der Waals surface area (Å²) >= 11 is 1.46. The zero-order valence-electron chi connectivity index (χ0n) is 13.5. The minimum Gasteiger partial charge on any atom is -0.379 e. The van der Waals surface area contributed by atoms with Crippen LogP contribution in [-0.2, 0) is 15.6 Å². The molecule has 3 heterocycles. The number of thiophene rings is 1. The Hall–Kier alpha value is -1.29. The number of hydrogen-bond acceptors (Lipinski definition) is 7. The Morgan fingerprint density at radius 1 is 1.42 bits per heavy atom. The van der Waals surface area contributed by atoms with Crippen LogP contribution in [0.25, 0.3) is 0 Å². The Balaban J connectivity index is 1.59. The first kappa shape index (κ1) is 16.2. The molecule has 1 aliphatic carbocycles. The summed E-state index contributed by atoms with van der Waals surface area (Å²) in [5.41, 5.74) is -1.41. The number of rotatable bonds is 4. The Bertz CT molecular complexity index is 884. The van der Waals surface area contributed by atoms with E-state index in [9.17, 15) is 13.5 Å². The van der Waals surface area contributed by atoms with Crippen LogP contribution in [0, 0.1) is 13.8 Å². The van der Waals surface area contributed by atoms with Gasteiger partial charge in [0.25, 0.3) is 5.89 Å². The quantitative estimate of drug-likeness (QED) is 0.884. The number of aromatic nitrogens is 2. The third kappa shape index (κ3) is 2.59. The van der Waals surface area contributed by atoms with Gasteiger partial charge in [-0.3, -0.25) is 0 Å². The highest BCUT2D eigenvalue weighted by atomic mass is 32.2. The van der Waals surface area contributed by atoms with Gasteiger partial charge in [-0.05, 0) is 32.8 Å². The van der Waals surface area contributed by atoms with Crippen molar-refractivity contribution in [3.05, 3.63) is 27.5 Å². The number of hydrogen-bond donors (Lipinski definition) is 1. The van der Waals surface area contributed by atoms with Crippen molar-refractivity contribution in [2.24, 2.45) is 0 Å². The molecular weight excluding hydrogens is 350 g/mol. The maximum atomic E-state index is 12.9. The zero-order chi connectivity index (χ0) is 17.1. The number of aryl methyl sites for hydroxylation is 2. The van der Waals surface area contributed by atoms with E-state index >= 15 is 0 Å². The molecule has 0 bridgehead atoms. The third-order valence-electron chi connectivity index (χ3n) is 4.61. The maximum absolute atomic E-state index is 12.9. The predicted octanol–water partition coefficient (Wildman–Crippen LogP) is 1.91. The standard InChI is InChI=1S/C15H19N3O4S2/c1-9-7-12(10(2)23-9)24(20,21)18-6-5-15(19,8-18)14-16-13(17-22-14)11-3-4-11/h7,11,19H,3-6,8H2,1-2H3. The molecule has 4 rings (SSSR count). The molecule has 1 aliphatic heterocycles. The predicted molar refractivity (Wildman–Crippen MR) is 87.3 cm³/mol. The lowest BCUT2D eigenvalue weighted by atomic mass is 10.0. The molecule has 0 spiro atoms. The largest absolute Gasteiger partial charge is 0.379 e. The van der Waals surface area contributed by atoms with Crippen LogP contribution in [0.2, 0.25) is 0 Å². The molecule has 0 aromatic carbocycles. The minimum atomic E-state index is -3.63. The van der Waals surface area contributed by atoms with E-state index < -0.39 is 15.6 Å². The zero-order valence-corrected chi connectivity index (χ0v) is 15.2. The summed E-state index contributed by atoms with van der Waals surface area (Å²) in [7, 11) is -3.63. The van der Waals surface area contributed by atoms with E-state index in [1.54, 1.807) is 13.0 Å². The number of nitrogens with zero attached hydrogens (tertiary/aromatic N) is 3. The molecule has 130 valence electrons. The van der Waals surface area contributed by atoms with Crippen molar-refractivity contribution >= 4 is 21.4 Å². The summed E-state index contributed by atoms with van der Waals surface area (Å²) < 4.78 is 32.3. The molecule has 1 saturated heterocycles. The molecule has 1 unspecified atom stereocenters. The van der Waals surface area contributed by atoms with Gasteiger partial charge in [0.1, 0.15) is 0 Å². The Kier molecular flexibility index (Phi) is 3.61. The summed E-state index contributed by atoms with van der Waals surface area (Å²) in [4.78, 5) is 6.32. The highest BCUT2D eigenvalue weighted by molar-refractivity contribution is 7.89. The SMILES string of the molecule is Cc1cc(S(=O)(=O)N2CCC(O)(c3nc(C4CC4)no3)C2)c(C)s1. The monoisotopic (exact) mass is 369 g/mol. The van der Waals surface area contributed by atoms with Crippen LogP contribution in [0.5, 0.6) is 0 Å². The average Bonchev–Trinajstić information content (AvgIpc) is 2.95. The summed E-state index contributed by atoms with van der Waals surface area (Å²) in [6.45, 7) is 3.85. The molecular formula is C15H19N3O4S2. The molecule has 1 N–H and O–H groups in total. The van der Waals surface area contributed by atoms with Crippen molar-refractivity contribution in [1.82, 2.24) is 14.4 Å². The molecule has 0 amide bonds. The Labute approximate surface area is 144 Å². The van der Waals surface area contributed by atoms with E-state index in [4.69, 9.17) is 4.52 Å². The van der Waals surface area contributed by atoms with Crippen molar-refractivity contribution in [3.63, 3.8) is 0 Å². The van der Waals surface area contributed by atoms with Gasteiger partial charge in [0.2, 0.25) is 10.0 Å². The number of β-amino-alcohol motifs (C(OH)–C–C–N with tert-alkyl or cyclic N) is 1. The van der Waals surface area contributed by atoms with E-state index in [0.717, 1.165) is 22.6 Å². The Morgan fingerprint density at radius 2 is 2.17 bits per heavy atom. The van der Waals surface area contributed by atoms with Gasteiger partial charge in [-0.15, -0.1) is 11.3 Å². The van der Waals surface area contributed by atoms with Gasteiger partial charge in [0.05, 0.1) is 11.4 Å². The van der Waals surface area contributed by atoms with Gasteiger partial charge < -0.3 is 9.63 Å². The normalized spacial score (nSPS) is 25.5. The lowest BCUT2D eigenvalue weighted by Gasteiger charge is -2.19. The van der Waals surface area contributed by atoms with Crippen molar-refractivity contribution in [1.29, 1.82) is 0 Å². The highest BCUT2D eigenvalue weighted by Gasteiger charge is 2.47. The van der Waals surface area contributed by atoms with Crippen molar-refractivity contribution in [2.75, 3.05) is 13.1 Å². The lowest BCUT2D eigenvalue weighted by molar-refractivity contribution is 0.0194. The first-order valence-corrected chi connectivity index (χ1v) is 10.2. The van der Waals surface area contributed by atoms with E-state index in [0.29, 0.717) is 16.6 Å². The van der Waals surface area contributed by atoms with Gasteiger partial charge >= 0.3 is 0 Å². The fourth-order valence-corrected chi connectivity index (χ4v) is 6.09. The van der Waals surface area contributed by atoms with Gasteiger partial charge in [-0.25, -0.2) is 8.42 Å². The van der Waals surface area contributed by atoms with E-state index in [-0.39, 0.29) is 25.4 Å². The van der Waals surface area contributed by atoms with E-state index in [1.807, 2.05) is 6.92 Å². The molecule has 9 heteroatoms. The third-order valence-corrected chi connectivity index (χ3v) is 7.67. The highest BCUT2D eigenvalue weighted by Crippen LogP contribution is 2.40.